The number of piperazine rings is 1. The van der Waals surface area contributed by atoms with E-state index in [2.05, 4.69) is 0 Å². The van der Waals surface area contributed by atoms with Crippen LogP contribution in [0.5, 0.6) is 0 Å². The maximum absolute atomic E-state index is 12.6. The number of esters is 1. The number of hydrogen-bond donors (Lipinski definition) is 0. The normalized spacial score (nSPS) is 13.9. The number of carbonyl (C=O) groups excluding carboxylic acids is 2. The van der Waals surface area contributed by atoms with Crippen LogP contribution in [0, 0.1) is 10.1 Å². The zero-order valence-electron chi connectivity index (χ0n) is 15.8. The van der Waals surface area contributed by atoms with Gasteiger partial charge >= 0.3 is 5.97 Å². The van der Waals surface area contributed by atoms with E-state index in [4.69, 9.17) is 16.3 Å². The molecule has 0 aliphatic carbocycles. The molecule has 2 aromatic rings. The van der Waals surface area contributed by atoms with Crippen LogP contribution in [0.4, 0.5) is 11.4 Å². The average Bonchev–Trinajstić information content (AvgIpc) is 2.73. The van der Waals surface area contributed by atoms with Crippen LogP contribution in [0.15, 0.2) is 42.5 Å². The quantitative estimate of drug-likeness (QED) is 0.420. The van der Waals surface area contributed by atoms with Crippen LogP contribution in [0.1, 0.15) is 27.6 Å². The predicted molar refractivity (Wildman–Crippen MR) is 109 cm³/mol. The summed E-state index contributed by atoms with van der Waals surface area (Å²) in [5, 5.41) is 12.1. The van der Waals surface area contributed by atoms with Gasteiger partial charge in [0.2, 0.25) is 0 Å². The van der Waals surface area contributed by atoms with Crippen molar-refractivity contribution in [2.24, 2.45) is 0 Å². The summed E-state index contributed by atoms with van der Waals surface area (Å²) in [4.78, 5) is 39.1. The van der Waals surface area contributed by atoms with Crippen LogP contribution in [0.2, 0.25) is 5.02 Å². The predicted octanol–water partition coefficient (Wildman–Crippen LogP) is 3.39. The average molecular weight is 418 g/mol. The summed E-state index contributed by atoms with van der Waals surface area (Å²) >= 11 is 5.86. The number of anilines is 1. The molecule has 1 aliphatic rings. The fraction of sp³-hybridized carbons (Fsp3) is 0.300. The van der Waals surface area contributed by atoms with Crippen molar-refractivity contribution in [2.45, 2.75) is 6.92 Å². The molecule has 0 atom stereocenters. The minimum atomic E-state index is -0.597. The summed E-state index contributed by atoms with van der Waals surface area (Å²) in [5.74, 6) is -0.700. The van der Waals surface area contributed by atoms with Gasteiger partial charge in [0.1, 0.15) is 5.69 Å². The molecule has 0 N–H and O–H groups in total. The maximum atomic E-state index is 12.6. The molecule has 1 heterocycles. The van der Waals surface area contributed by atoms with Crippen molar-refractivity contribution >= 4 is 34.9 Å². The molecular weight excluding hydrogens is 398 g/mol. The molecule has 1 fully saturated rings. The molecule has 29 heavy (non-hydrogen) atoms. The lowest BCUT2D eigenvalue weighted by Crippen LogP contribution is -2.49. The summed E-state index contributed by atoms with van der Waals surface area (Å²) < 4.78 is 4.91. The van der Waals surface area contributed by atoms with Crippen molar-refractivity contribution in [3.05, 3.63) is 68.7 Å². The van der Waals surface area contributed by atoms with E-state index in [-0.39, 0.29) is 23.8 Å². The number of benzene rings is 2. The van der Waals surface area contributed by atoms with Gasteiger partial charge in [0.25, 0.3) is 11.6 Å². The second-order valence-electron chi connectivity index (χ2n) is 6.47. The summed E-state index contributed by atoms with van der Waals surface area (Å²) in [7, 11) is 0. The van der Waals surface area contributed by atoms with Crippen molar-refractivity contribution in [2.75, 3.05) is 37.7 Å². The SMILES string of the molecule is CCOC(=O)c1ccc(N2CCN(C(=O)c3ccc(Cl)cc3)CC2)c([N+](=O)[O-])c1. The number of nitro benzene ring substituents is 1. The van der Waals surface area contributed by atoms with Gasteiger partial charge in [-0.3, -0.25) is 14.9 Å². The van der Waals surface area contributed by atoms with E-state index in [0.717, 1.165) is 0 Å². The number of ether oxygens (including phenoxy) is 1. The summed E-state index contributed by atoms with van der Waals surface area (Å²) in [5.41, 5.74) is 0.946. The summed E-state index contributed by atoms with van der Waals surface area (Å²) in [6, 6.07) is 11.0. The Morgan fingerprint density at radius 2 is 1.69 bits per heavy atom. The van der Waals surface area contributed by atoms with Crippen molar-refractivity contribution in [3.8, 4) is 0 Å². The molecule has 1 saturated heterocycles. The Balaban J connectivity index is 1.73. The first-order chi connectivity index (χ1) is 13.9. The summed E-state index contributed by atoms with van der Waals surface area (Å²) in [6.07, 6.45) is 0. The van der Waals surface area contributed by atoms with Crippen LogP contribution < -0.4 is 4.90 Å². The fourth-order valence-corrected chi connectivity index (χ4v) is 3.33. The standard InChI is InChI=1S/C20H20ClN3O5/c1-2-29-20(26)15-5-8-17(18(13-15)24(27)28)22-9-11-23(12-10-22)19(25)14-3-6-16(21)7-4-14/h3-8,13H,2,9-12H2,1H3. The van der Waals surface area contributed by atoms with Crippen LogP contribution in [0.25, 0.3) is 0 Å². The zero-order valence-corrected chi connectivity index (χ0v) is 16.6. The topological polar surface area (TPSA) is 93.0 Å². The number of hydrogen-bond acceptors (Lipinski definition) is 6. The van der Waals surface area contributed by atoms with Gasteiger partial charge in [-0.2, -0.15) is 0 Å². The van der Waals surface area contributed by atoms with E-state index < -0.39 is 10.9 Å². The molecule has 8 nitrogen and oxygen atoms in total. The van der Waals surface area contributed by atoms with Gasteiger partial charge in [-0.1, -0.05) is 11.6 Å². The highest BCUT2D eigenvalue weighted by atomic mass is 35.5. The third-order valence-corrected chi connectivity index (χ3v) is 4.93. The third-order valence-electron chi connectivity index (χ3n) is 4.68. The first kappa shape index (κ1) is 20.6. The molecule has 3 rings (SSSR count). The molecule has 1 aliphatic heterocycles. The van der Waals surface area contributed by atoms with E-state index in [9.17, 15) is 19.7 Å². The molecule has 152 valence electrons. The van der Waals surface area contributed by atoms with Crippen molar-refractivity contribution in [3.63, 3.8) is 0 Å². The van der Waals surface area contributed by atoms with Crippen LogP contribution in [0.3, 0.4) is 0 Å². The number of amides is 1. The minimum Gasteiger partial charge on any atom is -0.462 e. The highest BCUT2D eigenvalue weighted by Gasteiger charge is 2.27. The molecule has 9 heteroatoms. The van der Waals surface area contributed by atoms with Gasteiger partial charge in [0, 0.05) is 42.8 Å². The van der Waals surface area contributed by atoms with E-state index in [1.54, 1.807) is 42.2 Å². The van der Waals surface area contributed by atoms with Gasteiger partial charge in [-0.25, -0.2) is 4.79 Å². The van der Waals surface area contributed by atoms with Crippen molar-refractivity contribution in [1.29, 1.82) is 0 Å². The zero-order chi connectivity index (χ0) is 21.0. The Morgan fingerprint density at radius 1 is 1.07 bits per heavy atom. The monoisotopic (exact) mass is 417 g/mol. The van der Waals surface area contributed by atoms with Crippen LogP contribution >= 0.6 is 11.6 Å². The molecular formula is C20H20ClN3O5. The fourth-order valence-electron chi connectivity index (χ4n) is 3.20. The number of rotatable bonds is 5. The maximum Gasteiger partial charge on any atom is 0.338 e. The van der Waals surface area contributed by atoms with E-state index in [0.29, 0.717) is 42.5 Å². The Kier molecular flexibility index (Phi) is 6.33. The number of nitro groups is 1. The Hall–Kier alpha value is -3.13. The first-order valence-corrected chi connectivity index (χ1v) is 9.54. The first-order valence-electron chi connectivity index (χ1n) is 9.16. The number of nitrogens with zero attached hydrogens (tertiary/aromatic N) is 3. The minimum absolute atomic E-state index is 0.103. The molecule has 0 aromatic heterocycles. The van der Waals surface area contributed by atoms with Gasteiger partial charge in [-0.15, -0.1) is 0 Å². The third kappa shape index (κ3) is 4.65. The van der Waals surface area contributed by atoms with Gasteiger partial charge in [0.15, 0.2) is 0 Å². The highest BCUT2D eigenvalue weighted by molar-refractivity contribution is 6.30. The van der Waals surface area contributed by atoms with Crippen LogP contribution in [-0.2, 0) is 4.74 Å². The van der Waals surface area contributed by atoms with Crippen molar-refractivity contribution in [1.82, 2.24) is 4.90 Å². The molecule has 0 radical (unpaired) electrons. The number of carbonyl (C=O) groups is 2. The molecule has 0 unspecified atom stereocenters. The molecule has 0 bridgehead atoms. The largest absolute Gasteiger partial charge is 0.462 e. The highest BCUT2D eigenvalue weighted by Crippen LogP contribution is 2.30. The molecule has 0 saturated carbocycles. The second kappa shape index (κ2) is 8.91. The van der Waals surface area contributed by atoms with Crippen molar-refractivity contribution < 1.29 is 19.2 Å². The smallest absolute Gasteiger partial charge is 0.338 e. The Labute approximate surface area is 172 Å². The second-order valence-corrected chi connectivity index (χ2v) is 6.90. The van der Waals surface area contributed by atoms with E-state index in [1.807, 2.05) is 4.90 Å². The Bertz CT molecular complexity index is 924. The van der Waals surface area contributed by atoms with E-state index in [1.165, 1.54) is 12.1 Å². The molecule has 0 spiro atoms. The lowest BCUT2D eigenvalue weighted by atomic mass is 10.1. The lowest BCUT2D eigenvalue weighted by Gasteiger charge is -2.35. The lowest BCUT2D eigenvalue weighted by molar-refractivity contribution is -0.384. The summed E-state index contributed by atoms with van der Waals surface area (Å²) in [6.45, 7) is 3.61. The van der Waals surface area contributed by atoms with Crippen LogP contribution in [-0.4, -0.2) is 54.5 Å². The Morgan fingerprint density at radius 3 is 2.28 bits per heavy atom. The molecule has 1 amide bonds. The number of halogens is 1. The molecule has 2 aromatic carbocycles. The van der Waals surface area contributed by atoms with Gasteiger partial charge < -0.3 is 14.5 Å². The van der Waals surface area contributed by atoms with Gasteiger partial charge in [-0.05, 0) is 43.3 Å². The van der Waals surface area contributed by atoms with Gasteiger partial charge in [0.05, 0.1) is 17.1 Å². The van der Waals surface area contributed by atoms with E-state index >= 15 is 0 Å².